The van der Waals surface area contributed by atoms with E-state index in [9.17, 15) is 4.79 Å². The van der Waals surface area contributed by atoms with Gasteiger partial charge in [0.05, 0.1) is 11.7 Å². The maximum atomic E-state index is 12.5. The summed E-state index contributed by atoms with van der Waals surface area (Å²) in [5.74, 6) is -0.256. The molecule has 0 unspecified atom stereocenters. The van der Waals surface area contributed by atoms with Gasteiger partial charge in [-0.1, -0.05) is 22.9 Å². The molecule has 1 saturated heterocycles. The van der Waals surface area contributed by atoms with Crippen LogP contribution >= 0.6 is 11.6 Å². The van der Waals surface area contributed by atoms with Crippen LogP contribution in [0, 0.1) is 13.8 Å². The van der Waals surface area contributed by atoms with Gasteiger partial charge in [-0.05, 0) is 57.5 Å². The number of nitrogens with one attached hydrogen (secondary N) is 2. The number of carbonyl (C=O) groups is 1. The Kier molecular flexibility index (Phi) is 4.63. The Hall–Kier alpha value is -1.92. The van der Waals surface area contributed by atoms with Gasteiger partial charge in [0.25, 0.3) is 5.91 Å². The molecule has 1 aromatic heterocycles. The summed E-state index contributed by atoms with van der Waals surface area (Å²) in [4.78, 5) is 12.5. The van der Waals surface area contributed by atoms with Gasteiger partial charge in [-0.15, -0.1) is 5.10 Å². The van der Waals surface area contributed by atoms with Crippen LogP contribution in [-0.4, -0.2) is 34.0 Å². The van der Waals surface area contributed by atoms with Crippen LogP contribution in [0.5, 0.6) is 0 Å². The Morgan fingerprint density at radius 3 is 2.83 bits per heavy atom. The molecule has 0 atom stereocenters. The number of aromatic nitrogens is 3. The minimum absolute atomic E-state index is 0.256. The molecule has 0 bridgehead atoms. The Balaban J connectivity index is 1.80. The topological polar surface area (TPSA) is 71.8 Å². The van der Waals surface area contributed by atoms with Crippen molar-refractivity contribution in [2.24, 2.45) is 0 Å². The Morgan fingerprint density at radius 2 is 2.09 bits per heavy atom. The highest BCUT2D eigenvalue weighted by Crippen LogP contribution is 2.24. The lowest BCUT2D eigenvalue weighted by Gasteiger charge is -2.23. The minimum Gasteiger partial charge on any atom is -0.320 e. The van der Waals surface area contributed by atoms with Crippen LogP contribution in [0.25, 0.3) is 0 Å². The fourth-order valence-corrected chi connectivity index (χ4v) is 3.05. The van der Waals surface area contributed by atoms with E-state index in [2.05, 4.69) is 20.9 Å². The third-order valence-corrected chi connectivity index (χ3v) is 4.72. The van der Waals surface area contributed by atoms with Crippen LogP contribution in [0.3, 0.4) is 0 Å². The Bertz CT molecular complexity index is 721. The third kappa shape index (κ3) is 3.23. The van der Waals surface area contributed by atoms with Crippen molar-refractivity contribution in [3.63, 3.8) is 0 Å². The fraction of sp³-hybridized carbons (Fsp3) is 0.438. The van der Waals surface area contributed by atoms with Crippen molar-refractivity contribution in [3.8, 4) is 0 Å². The van der Waals surface area contributed by atoms with Gasteiger partial charge in [0, 0.05) is 10.7 Å². The molecule has 23 heavy (non-hydrogen) atoms. The summed E-state index contributed by atoms with van der Waals surface area (Å²) in [5, 5.41) is 15.1. The van der Waals surface area contributed by atoms with Crippen LogP contribution < -0.4 is 10.6 Å². The summed E-state index contributed by atoms with van der Waals surface area (Å²) in [6.45, 7) is 5.69. The summed E-state index contributed by atoms with van der Waals surface area (Å²) in [5.41, 5.74) is 2.70. The van der Waals surface area contributed by atoms with Crippen molar-refractivity contribution < 1.29 is 4.79 Å². The molecule has 1 aliphatic heterocycles. The molecular weight excluding hydrogens is 314 g/mol. The number of hydrogen-bond acceptors (Lipinski definition) is 4. The number of rotatable bonds is 3. The number of carbonyl (C=O) groups excluding carboxylic acids is 1. The summed E-state index contributed by atoms with van der Waals surface area (Å²) in [7, 11) is 0. The first kappa shape index (κ1) is 16.0. The van der Waals surface area contributed by atoms with Gasteiger partial charge in [-0.3, -0.25) is 4.79 Å². The molecule has 1 aromatic carbocycles. The normalized spacial score (nSPS) is 15.6. The number of piperidine rings is 1. The maximum absolute atomic E-state index is 12.5. The second-order valence-corrected chi connectivity index (χ2v) is 6.22. The molecule has 2 heterocycles. The van der Waals surface area contributed by atoms with Crippen molar-refractivity contribution in [2.75, 3.05) is 18.4 Å². The van der Waals surface area contributed by atoms with E-state index >= 15 is 0 Å². The van der Waals surface area contributed by atoms with E-state index in [0.717, 1.165) is 37.2 Å². The summed E-state index contributed by atoms with van der Waals surface area (Å²) < 4.78 is 1.88. The van der Waals surface area contributed by atoms with Gasteiger partial charge in [0.2, 0.25) is 0 Å². The van der Waals surface area contributed by atoms with Gasteiger partial charge >= 0.3 is 0 Å². The van der Waals surface area contributed by atoms with E-state index in [1.165, 1.54) is 0 Å². The number of hydrogen-bond donors (Lipinski definition) is 2. The first-order valence-electron chi connectivity index (χ1n) is 7.77. The summed E-state index contributed by atoms with van der Waals surface area (Å²) in [6.07, 6.45) is 2.00. The van der Waals surface area contributed by atoms with Crippen molar-refractivity contribution in [2.45, 2.75) is 32.7 Å². The van der Waals surface area contributed by atoms with Gasteiger partial charge in [0.1, 0.15) is 0 Å². The molecule has 0 radical (unpaired) electrons. The molecule has 0 aliphatic carbocycles. The molecule has 0 saturated carbocycles. The van der Waals surface area contributed by atoms with E-state index < -0.39 is 0 Å². The smallest absolute Gasteiger partial charge is 0.278 e. The predicted octanol–water partition coefficient (Wildman–Crippen LogP) is 2.73. The number of anilines is 1. The second kappa shape index (κ2) is 6.68. The average Bonchev–Trinajstić information content (AvgIpc) is 2.94. The lowest BCUT2D eigenvalue weighted by Crippen LogP contribution is -2.30. The van der Waals surface area contributed by atoms with E-state index in [-0.39, 0.29) is 5.91 Å². The zero-order valence-corrected chi connectivity index (χ0v) is 14.0. The van der Waals surface area contributed by atoms with Crippen LogP contribution in [0.4, 0.5) is 5.69 Å². The number of amides is 1. The number of benzene rings is 1. The number of halogens is 1. The van der Waals surface area contributed by atoms with Crippen LogP contribution in [0.1, 0.15) is 40.6 Å². The Morgan fingerprint density at radius 1 is 1.35 bits per heavy atom. The minimum atomic E-state index is -0.256. The molecular formula is C16H20ClN5O. The second-order valence-electron chi connectivity index (χ2n) is 5.82. The molecule has 1 amide bonds. The van der Waals surface area contributed by atoms with Crippen molar-refractivity contribution in [1.29, 1.82) is 0 Å². The largest absolute Gasteiger partial charge is 0.320 e. The average molecular weight is 334 g/mol. The zero-order valence-electron chi connectivity index (χ0n) is 13.3. The molecule has 0 spiro atoms. The molecule has 1 aliphatic rings. The van der Waals surface area contributed by atoms with Crippen LogP contribution in [0.2, 0.25) is 5.02 Å². The quantitative estimate of drug-likeness (QED) is 0.906. The van der Waals surface area contributed by atoms with E-state index in [1.54, 1.807) is 6.07 Å². The Labute approximate surface area is 140 Å². The van der Waals surface area contributed by atoms with Gasteiger partial charge in [-0.25, -0.2) is 4.68 Å². The van der Waals surface area contributed by atoms with Gasteiger partial charge in [-0.2, -0.15) is 0 Å². The third-order valence-electron chi connectivity index (χ3n) is 4.31. The standard InChI is InChI=1S/C16H20ClN5O/c1-10-13(17)4-3-5-14(10)19-16(23)15-11(2)22(21-20-15)12-6-8-18-9-7-12/h3-5,12,18H,6-9H2,1-2H3,(H,19,23). The lowest BCUT2D eigenvalue weighted by molar-refractivity contribution is 0.102. The molecule has 3 rings (SSSR count). The highest BCUT2D eigenvalue weighted by Gasteiger charge is 2.23. The zero-order chi connectivity index (χ0) is 16.4. The fourth-order valence-electron chi connectivity index (χ4n) is 2.87. The molecule has 2 aromatic rings. The van der Waals surface area contributed by atoms with Gasteiger partial charge < -0.3 is 10.6 Å². The first-order valence-corrected chi connectivity index (χ1v) is 8.14. The SMILES string of the molecule is Cc1c(Cl)cccc1NC(=O)c1nnn(C2CCNCC2)c1C. The highest BCUT2D eigenvalue weighted by molar-refractivity contribution is 6.31. The summed E-state index contributed by atoms with van der Waals surface area (Å²) in [6, 6.07) is 5.73. The first-order chi connectivity index (χ1) is 11.1. The van der Waals surface area contributed by atoms with Crippen molar-refractivity contribution >= 4 is 23.2 Å². The van der Waals surface area contributed by atoms with E-state index in [0.29, 0.717) is 22.4 Å². The van der Waals surface area contributed by atoms with Crippen molar-refractivity contribution in [1.82, 2.24) is 20.3 Å². The van der Waals surface area contributed by atoms with E-state index in [1.807, 2.05) is 30.7 Å². The molecule has 6 nitrogen and oxygen atoms in total. The van der Waals surface area contributed by atoms with Crippen LogP contribution in [0.15, 0.2) is 18.2 Å². The highest BCUT2D eigenvalue weighted by atomic mass is 35.5. The van der Waals surface area contributed by atoms with Crippen LogP contribution in [-0.2, 0) is 0 Å². The molecule has 122 valence electrons. The van der Waals surface area contributed by atoms with Crippen molar-refractivity contribution in [3.05, 3.63) is 40.2 Å². The molecule has 2 N–H and O–H groups in total. The van der Waals surface area contributed by atoms with E-state index in [4.69, 9.17) is 11.6 Å². The lowest BCUT2D eigenvalue weighted by atomic mass is 10.1. The maximum Gasteiger partial charge on any atom is 0.278 e. The molecule has 1 fully saturated rings. The summed E-state index contributed by atoms with van der Waals surface area (Å²) >= 11 is 6.09. The number of nitrogens with zero attached hydrogens (tertiary/aromatic N) is 3. The van der Waals surface area contributed by atoms with Gasteiger partial charge in [0.15, 0.2) is 5.69 Å². The predicted molar refractivity (Wildman–Crippen MR) is 90.0 cm³/mol. The molecule has 7 heteroatoms. The monoisotopic (exact) mass is 333 g/mol.